The first-order valence-corrected chi connectivity index (χ1v) is 6.28. The normalized spacial score (nSPS) is 18.0. The van der Waals surface area contributed by atoms with E-state index in [0.29, 0.717) is 11.5 Å². The number of hydrogen-bond acceptors (Lipinski definition) is 4. The van der Waals surface area contributed by atoms with Gasteiger partial charge in [-0.05, 0) is 12.1 Å². The molecule has 0 aliphatic carbocycles. The molecule has 1 aromatic carbocycles. The Bertz CT molecular complexity index is 444. The van der Waals surface area contributed by atoms with Gasteiger partial charge in [0.2, 0.25) is 0 Å². The molecule has 1 heterocycles. The van der Waals surface area contributed by atoms with Gasteiger partial charge in [0.25, 0.3) is 0 Å². The van der Waals surface area contributed by atoms with Gasteiger partial charge in [-0.2, -0.15) is 0 Å². The summed E-state index contributed by atoms with van der Waals surface area (Å²) in [6.45, 7) is 0. The summed E-state index contributed by atoms with van der Waals surface area (Å²) in [5.74, 6) is 0.157. The van der Waals surface area contributed by atoms with Crippen LogP contribution in [0.1, 0.15) is 12.8 Å². The van der Waals surface area contributed by atoms with E-state index in [1.807, 2.05) is 24.3 Å². The van der Waals surface area contributed by atoms with Crippen LogP contribution in [0.3, 0.4) is 0 Å². The van der Waals surface area contributed by atoms with Crippen molar-refractivity contribution in [2.24, 2.45) is 0 Å². The molecule has 1 aliphatic heterocycles. The average Bonchev–Trinajstić information content (AvgIpc) is 2.35. The molecule has 0 aromatic heterocycles. The summed E-state index contributed by atoms with van der Waals surface area (Å²) in [4.78, 5) is 23.1. The second-order valence-corrected chi connectivity index (χ2v) is 4.79. The smallest absolute Gasteiger partial charge is 0.303 e. The molecule has 0 bridgehead atoms. The maximum Gasteiger partial charge on any atom is 0.303 e. The third-order valence-corrected chi connectivity index (χ3v) is 3.57. The first kappa shape index (κ1) is 12.0. The molecule has 1 aromatic rings. The lowest BCUT2D eigenvalue weighted by Crippen LogP contribution is -2.32. The van der Waals surface area contributed by atoms with Crippen molar-refractivity contribution in [3.8, 4) is 5.75 Å². The molecule has 0 saturated heterocycles. The zero-order valence-electron chi connectivity index (χ0n) is 9.09. The number of carboxylic acid groups (broad SMARTS) is 1. The fourth-order valence-electron chi connectivity index (χ4n) is 1.57. The van der Waals surface area contributed by atoms with Crippen molar-refractivity contribution in [1.82, 2.24) is 0 Å². The predicted octanol–water partition coefficient (Wildman–Crippen LogP) is 1.97. The Morgan fingerprint density at radius 2 is 2.12 bits per heavy atom. The first-order valence-electron chi connectivity index (χ1n) is 5.30. The molecule has 1 unspecified atom stereocenters. The topological polar surface area (TPSA) is 63.6 Å². The second-order valence-electron chi connectivity index (χ2n) is 3.72. The molecule has 1 aliphatic rings. The summed E-state index contributed by atoms with van der Waals surface area (Å²) in [5.41, 5.74) is 0. The highest BCUT2D eigenvalue weighted by Crippen LogP contribution is 2.35. The van der Waals surface area contributed by atoms with E-state index >= 15 is 0 Å². The van der Waals surface area contributed by atoms with Gasteiger partial charge >= 0.3 is 5.97 Å². The van der Waals surface area contributed by atoms with Crippen molar-refractivity contribution < 1.29 is 19.4 Å². The van der Waals surface area contributed by atoms with Gasteiger partial charge in [-0.1, -0.05) is 12.1 Å². The molecule has 0 saturated carbocycles. The first-order chi connectivity index (χ1) is 8.16. The van der Waals surface area contributed by atoms with E-state index in [1.165, 1.54) is 0 Å². The van der Waals surface area contributed by atoms with E-state index in [4.69, 9.17) is 9.84 Å². The highest BCUT2D eigenvalue weighted by atomic mass is 32.2. The largest absolute Gasteiger partial charge is 0.481 e. The van der Waals surface area contributed by atoms with E-state index in [-0.39, 0.29) is 18.6 Å². The van der Waals surface area contributed by atoms with E-state index in [1.54, 1.807) is 11.8 Å². The summed E-state index contributed by atoms with van der Waals surface area (Å²) in [6, 6.07) is 7.53. The Morgan fingerprint density at radius 1 is 1.35 bits per heavy atom. The van der Waals surface area contributed by atoms with Crippen molar-refractivity contribution in [2.45, 2.75) is 23.8 Å². The lowest BCUT2D eigenvalue weighted by atomic mass is 10.1. The van der Waals surface area contributed by atoms with Crippen LogP contribution in [0.2, 0.25) is 0 Å². The molecule has 0 fully saturated rings. The third kappa shape index (κ3) is 3.00. The van der Waals surface area contributed by atoms with Gasteiger partial charge in [0, 0.05) is 17.1 Å². The predicted molar refractivity (Wildman–Crippen MR) is 63.5 cm³/mol. The zero-order valence-corrected chi connectivity index (χ0v) is 9.90. The fourth-order valence-corrected chi connectivity index (χ4v) is 2.59. The van der Waals surface area contributed by atoms with Crippen LogP contribution in [0.15, 0.2) is 29.2 Å². The molecule has 1 N–H and O–H groups in total. The van der Waals surface area contributed by atoms with Gasteiger partial charge in [0.15, 0.2) is 11.9 Å². The molecule has 1 atom stereocenters. The van der Waals surface area contributed by atoms with Crippen molar-refractivity contribution >= 4 is 23.5 Å². The minimum atomic E-state index is -0.956. The average molecular weight is 252 g/mol. The molecule has 2 rings (SSSR count). The monoisotopic (exact) mass is 252 g/mol. The lowest BCUT2D eigenvalue weighted by molar-refractivity contribution is -0.139. The van der Waals surface area contributed by atoms with Gasteiger partial charge in [-0.25, -0.2) is 0 Å². The van der Waals surface area contributed by atoms with E-state index in [2.05, 4.69) is 0 Å². The number of carboxylic acids is 1. The number of ketones is 1. The van der Waals surface area contributed by atoms with E-state index < -0.39 is 12.1 Å². The van der Waals surface area contributed by atoms with Crippen LogP contribution in [-0.4, -0.2) is 28.7 Å². The van der Waals surface area contributed by atoms with Gasteiger partial charge < -0.3 is 9.84 Å². The molecular formula is C12H12O4S. The van der Waals surface area contributed by atoms with Crippen molar-refractivity contribution in [2.75, 3.05) is 5.75 Å². The molecule has 17 heavy (non-hydrogen) atoms. The summed E-state index contributed by atoms with van der Waals surface area (Å²) in [7, 11) is 0. The highest BCUT2D eigenvalue weighted by molar-refractivity contribution is 7.99. The Balaban J connectivity index is 1.97. The van der Waals surface area contributed by atoms with Gasteiger partial charge in [-0.3, -0.25) is 9.59 Å². The van der Waals surface area contributed by atoms with Crippen LogP contribution in [-0.2, 0) is 9.59 Å². The molecule has 90 valence electrons. The lowest BCUT2D eigenvalue weighted by Gasteiger charge is -2.24. The minimum absolute atomic E-state index is 0.0305. The number of carbonyl (C=O) groups is 2. The second kappa shape index (κ2) is 5.23. The van der Waals surface area contributed by atoms with E-state index in [0.717, 1.165) is 4.90 Å². The number of benzene rings is 1. The van der Waals surface area contributed by atoms with Crippen LogP contribution in [0.4, 0.5) is 0 Å². The maximum atomic E-state index is 11.7. The molecule has 0 spiro atoms. The zero-order chi connectivity index (χ0) is 12.3. The molecule has 0 radical (unpaired) electrons. The van der Waals surface area contributed by atoms with E-state index in [9.17, 15) is 9.59 Å². The SMILES string of the molecule is O=C(O)CCC(=O)C1CSc2ccccc2O1. The van der Waals surface area contributed by atoms with Crippen LogP contribution >= 0.6 is 11.8 Å². The summed E-state index contributed by atoms with van der Waals surface area (Å²) >= 11 is 1.57. The maximum absolute atomic E-state index is 11.7. The number of hydrogen-bond donors (Lipinski definition) is 1. The standard InChI is InChI=1S/C12H12O4S/c13-8(5-6-12(14)15)10-7-17-11-4-2-1-3-9(11)16-10/h1-4,10H,5-7H2,(H,14,15). The number of carbonyl (C=O) groups excluding carboxylic acids is 1. The quantitative estimate of drug-likeness (QED) is 0.887. The van der Waals surface area contributed by atoms with Crippen molar-refractivity contribution in [3.05, 3.63) is 24.3 Å². The van der Waals surface area contributed by atoms with Gasteiger partial charge in [-0.15, -0.1) is 11.8 Å². The highest BCUT2D eigenvalue weighted by Gasteiger charge is 2.26. The Hall–Kier alpha value is -1.49. The van der Waals surface area contributed by atoms with Crippen LogP contribution in [0, 0.1) is 0 Å². The summed E-state index contributed by atoms with van der Waals surface area (Å²) < 4.78 is 5.56. The van der Waals surface area contributed by atoms with Crippen molar-refractivity contribution in [1.29, 1.82) is 0 Å². The number of aliphatic carboxylic acids is 1. The molecule has 5 heteroatoms. The van der Waals surface area contributed by atoms with Crippen LogP contribution < -0.4 is 4.74 Å². The van der Waals surface area contributed by atoms with Crippen LogP contribution in [0.25, 0.3) is 0 Å². The number of para-hydroxylation sites is 1. The third-order valence-electron chi connectivity index (χ3n) is 2.45. The minimum Gasteiger partial charge on any atom is -0.481 e. The molecular weight excluding hydrogens is 240 g/mol. The number of fused-ring (bicyclic) bond motifs is 1. The number of thioether (sulfide) groups is 1. The number of Topliss-reactive ketones (excluding diaryl/α,β-unsaturated/α-hetero) is 1. The summed E-state index contributed by atoms with van der Waals surface area (Å²) in [5, 5.41) is 8.52. The van der Waals surface area contributed by atoms with Crippen molar-refractivity contribution in [3.63, 3.8) is 0 Å². The Labute approximate surface area is 103 Å². The Morgan fingerprint density at radius 3 is 2.88 bits per heavy atom. The Kier molecular flexibility index (Phi) is 3.68. The number of ether oxygens (including phenoxy) is 1. The van der Waals surface area contributed by atoms with Gasteiger partial charge in [0.05, 0.1) is 6.42 Å². The molecule has 4 nitrogen and oxygen atoms in total. The van der Waals surface area contributed by atoms with Gasteiger partial charge in [0.1, 0.15) is 5.75 Å². The summed E-state index contributed by atoms with van der Waals surface area (Å²) in [6.07, 6.45) is -0.623. The number of rotatable bonds is 4. The van der Waals surface area contributed by atoms with Crippen LogP contribution in [0.5, 0.6) is 5.75 Å². The fraction of sp³-hybridized carbons (Fsp3) is 0.333. The molecule has 0 amide bonds.